The van der Waals surface area contributed by atoms with E-state index < -0.39 is 5.82 Å². The van der Waals surface area contributed by atoms with Crippen molar-refractivity contribution in [2.45, 2.75) is 13.3 Å². The molecule has 100 valence electrons. The fourth-order valence-electron chi connectivity index (χ4n) is 1.50. The van der Waals surface area contributed by atoms with Crippen LogP contribution >= 0.6 is 11.6 Å². The SMILES string of the molecule is CCCNc1cccc(Oc2cccc(Cl)c2F)n1. The van der Waals surface area contributed by atoms with E-state index in [1.165, 1.54) is 12.1 Å². The number of nitrogens with one attached hydrogen (secondary N) is 1. The van der Waals surface area contributed by atoms with Crippen molar-refractivity contribution >= 4 is 17.4 Å². The number of anilines is 1. The van der Waals surface area contributed by atoms with Gasteiger partial charge in [-0.3, -0.25) is 0 Å². The van der Waals surface area contributed by atoms with Gasteiger partial charge in [0.2, 0.25) is 5.88 Å². The number of benzene rings is 1. The summed E-state index contributed by atoms with van der Waals surface area (Å²) in [5, 5.41) is 3.16. The van der Waals surface area contributed by atoms with Crippen LogP contribution in [0.15, 0.2) is 36.4 Å². The maximum atomic E-state index is 13.7. The van der Waals surface area contributed by atoms with Gasteiger partial charge in [-0.15, -0.1) is 0 Å². The Balaban J connectivity index is 2.16. The van der Waals surface area contributed by atoms with Crippen LogP contribution in [0.5, 0.6) is 11.6 Å². The number of halogens is 2. The lowest BCUT2D eigenvalue weighted by atomic mass is 10.3. The van der Waals surface area contributed by atoms with Gasteiger partial charge in [0.05, 0.1) is 5.02 Å². The van der Waals surface area contributed by atoms with Gasteiger partial charge in [0.25, 0.3) is 0 Å². The van der Waals surface area contributed by atoms with E-state index >= 15 is 0 Å². The predicted molar refractivity (Wildman–Crippen MR) is 74.5 cm³/mol. The Morgan fingerprint density at radius 3 is 2.84 bits per heavy atom. The molecule has 0 spiro atoms. The number of rotatable bonds is 5. The maximum Gasteiger partial charge on any atom is 0.221 e. The zero-order chi connectivity index (χ0) is 13.7. The Labute approximate surface area is 116 Å². The Morgan fingerprint density at radius 1 is 1.26 bits per heavy atom. The molecule has 19 heavy (non-hydrogen) atoms. The van der Waals surface area contributed by atoms with Crippen molar-refractivity contribution in [2.75, 3.05) is 11.9 Å². The van der Waals surface area contributed by atoms with Crippen molar-refractivity contribution in [3.63, 3.8) is 0 Å². The van der Waals surface area contributed by atoms with Crippen LogP contribution in [0.2, 0.25) is 5.02 Å². The first-order chi connectivity index (χ1) is 9.20. The second-order valence-corrected chi connectivity index (χ2v) is 4.35. The van der Waals surface area contributed by atoms with E-state index in [0.717, 1.165) is 13.0 Å². The van der Waals surface area contributed by atoms with E-state index in [9.17, 15) is 4.39 Å². The number of hydrogen-bond acceptors (Lipinski definition) is 3. The Hall–Kier alpha value is -1.81. The lowest BCUT2D eigenvalue weighted by molar-refractivity contribution is 0.428. The average Bonchev–Trinajstić information content (AvgIpc) is 2.42. The fourth-order valence-corrected chi connectivity index (χ4v) is 1.66. The molecule has 0 unspecified atom stereocenters. The molecule has 2 aromatic rings. The van der Waals surface area contributed by atoms with Crippen molar-refractivity contribution in [1.29, 1.82) is 0 Å². The highest BCUT2D eigenvalue weighted by Crippen LogP contribution is 2.28. The van der Waals surface area contributed by atoms with Crippen LogP contribution in [0.3, 0.4) is 0 Å². The molecule has 3 nitrogen and oxygen atoms in total. The number of aromatic nitrogens is 1. The molecule has 1 aromatic heterocycles. The topological polar surface area (TPSA) is 34.1 Å². The number of pyridine rings is 1. The molecule has 2 rings (SSSR count). The standard InChI is InChI=1S/C14H14ClFN2O/c1-2-9-17-12-7-4-8-13(18-12)19-11-6-3-5-10(15)14(11)16/h3-8H,2,9H2,1H3,(H,17,18). The summed E-state index contributed by atoms with van der Waals surface area (Å²) < 4.78 is 19.1. The molecule has 0 bridgehead atoms. The van der Waals surface area contributed by atoms with Crippen molar-refractivity contribution in [1.82, 2.24) is 4.98 Å². The minimum Gasteiger partial charge on any atom is -0.436 e. The van der Waals surface area contributed by atoms with E-state index in [1.54, 1.807) is 18.2 Å². The van der Waals surface area contributed by atoms with Gasteiger partial charge in [0.15, 0.2) is 11.6 Å². The molecular formula is C14H14ClFN2O. The van der Waals surface area contributed by atoms with Crippen LogP contribution in [-0.2, 0) is 0 Å². The maximum absolute atomic E-state index is 13.7. The van der Waals surface area contributed by atoms with Gasteiger partial charge < -0.3 is 10.1 Å². The first-order valence-corrected chi connectivity index (χ1v) is 6.41. The van der Waals surface area contributed by atoms with Crippen LogP contribution < -0.4 is 10.1 Å². The average molecular weight is 281 g/mol. The molecule has 0 aliphatic carbocycles. The molecule has 0 aliphatic rings. The third kappa shape index (κ3) is 3.58. The quantitative estimate of drug-likeness (QED) is 0.876. The Kier molecular flexibility index (Phi) is 4.58. The summed E-state index contributed by atoms with van der Waals surface area (Å²) in [5.74, 6) is 0.495. The number of hydrogen-bond donors (Lipinski definition) is 1. The van der Waals surface area contributed by atoms with Gasteiger partial charge in [-0.05, 0) is 24.6 Å². The number of ether oxygens (including phenoxy) is 1. The molecule has 1 N–H and O–H groups in total. The molecule has 0 saturated heterocycles. The third-order valence-corrected chi connectivity index (χ3v) is 2.70. The summed E-state index contributed by atoms with van der Waals surface area (Å²) in [4.78, 5) is 4.23. The molecule has 0 fully saturated rings. The molecule has 0 radical (unpaired) electrons. The lowest BCUT2D eigenvalue weighted by Gasteiger charge is -2.08. The zero-order valence-corrected chi connectivity index (χ0v) is 11.2. The second kappa shape index (κ2) is 6.38. The highest BCUT2D eigenvalue weighted by atomic mass is 35.5. The molecular weight excluding hydrogens is 267 g/mol. The van der Waals surface area contributed by atoms with Crippen LogP contribution in [0.4, 0.5) is 10.2 Å². The first-order valence-electron chi connectivity index (χ1n) is 6.03. The van der Waals surface area contributed by atoms with Crippen LogP contribution in [0.25, 0.3) is 0 Å². The molecule has 0 aliphatic heterocycles. The summed E-state index contributed by atoms with van der Waals surface area (Å²) in [6, 6.07) is 9.89. The highest BCUT2D eigenvalue weighted by molar-refractivity contribution is 6.30. The zero-order valence-electron chi connectivity index (χ0n) is 10.5. The van der Waals surface area contributed by atoms with Crippen molar-refractivity contribution in [2.24, 2.45) is 0 Å². The summed E-state index contributed by atoms with van der Waals surface area (Å²) in [5.41, 5.74) is 0. The van der Waals surface area contributed by atoms with Crippen LogP contribution in [0, 0.1) is 5.82 Å². The van der Waals surface area contributed by atoms with E-state index in [-0.39, 0.29) is 10.8 Å². The van der Waals surface area contributed by atoms with E-state index in [4.69, 9.17) is 16.3 Å². The molecule has 1 heterocycles. The fraction of sp³-hybridized carbons (Fsp3) is 0.214. The van der Waals surface area contributed by atoms with Gasteiger partial charge in [0.1, 0.15) is 5.82 Å². The highest BCUT2D eigenvalue weighted by Gasteiger charge is 2.09. The predicted octanol–water partition coefficient (Wildman–Crippen LogP) is 4.49. The van der Waals surface area contributed by atoms with Gasteiger partial charge in [0, 0.05) is 12.6 Å². The van der Waals surface area contributed by atoms with E-state index in [0.29, 0.717) is 11.7 Å². The third-order valence-electron chi connectivity index (χ3n) is 2.41. The lowest BCUT2D eigenvalue weighted by Crippen LogP contribution is -2.02. The van der Waals surface area contributed by atoms with Crippen LogP contribution in [0.1, 0.15) is 13.3 Å². The Bertz CT molecular complexity index is 563. The van der Waals surface area contributed by atoms with Gasteiger partial charge >= 0.3 is 0 Å². The normalized spacial score (nSPS) is 10.3. The van der Waals surface area contributed by atoms with Gasteiger partial charge in [-0.25, -0.2) is 4.39 Å². The van der Waals surface area contributed by atoms with Crippen molar-refractivity contribution in [3.05, 3.63) is 47.2 Å². The van der Waals surface area contributed by atoms with Gasteiger partial charge in [-0.1, -0.05) is 30.7 Å². The Morgan fingerprint density at radius 2 is 2.05 bits per heavy atom. The largest absolute Gasteiger partial charge is 0.436 e. The minimum atomic E-state index is -0.585. The smallest absolute Gasteiger partial charge is 0.221 e. The van der Waals surface area contributed by atoms with E-state index in [2.05, 4.69) is 17.2 Å². The minimum absolute atomic E-state index is 0.0257. The molecule has 0 atom stereocenters. The number of nitrogens with zero attached hydrogens (tertiary/aromatic N) is 1. The summed E-state index contributed by atoms with van der Waals surface area (Å²) in [6.07, 6.45) is 0.996. The van der Waals surface area contributed by atoms with E-state index in [1.807, 2.05) is 6.07 Å². The van der Waals surface area contributed by atoms with Gasteiger partial charge in [-0.2, -0.15) is 4.98 Å². The molecule has 0 saturated carbocycles. The monoisotopic (exact) mass is 280 g/mol. The van der Waals surface area contributed by atoms with Crippen LogP contribution in [-0.4, -0.2) is 11.5 Å². The molecule has 1 aromatic carbocycles. The first kappa shape index (κ1) is 13.6. The molecule has 5 heteroatoms. The summed E-state index contributed by atoms with van der Waals surface area (Å²) >= 11 is 5.69. The van der Waals surface area contributed by atoms with Crippen molar-refractivity contribution < 1.29 is 9.13 Å². The summed E-state index contributed by atoms with van der Waals surface area (Å²) in [7, 11) is 0. The summed E-state index contributed by atoms with van der Waals surface area (Å²) in [6.45, 7) is 2.89. The van der Waals surface area contributed by atoms with Crippen molar-refractivity contribution in [3.8, 4) is 11.6 Å². The second-order valence-electron chi connectivity index (χ2n) is 3.94. The molecule has 0 amide bonds.